The Kier molecular flexibility index (Phi) is 9.23. The fourth-order valence-corrected chi connectivity index (χ4v) is 4.15. The Balaban J connectivity index is 0.000000311. The Morgan fingerprint density at radius 2 is 1.27 bits per heavy atom. The highest BCUT2D eigenvalue weighted by molar-refractivity contribution is 7.80. The number of rotatable bonds is 7. The maximum Gasteiger partial charge on any atom is 0.242 e. The van der Waals surface area contributed by atoms with Crippen LogP contribution in [0.25, 0.3) is 0 Å². The molecule has 1 unspecified atom stereocenters. The van der Waals surface area contributed by atoms with Crippen LogP contribution in [0.4, 0.5) is 0 Å². The summed E-state index contributed by atoms with van der Waals surface area (Å²) in [7, 11) is 0. The molecular weight excluding hydrogens is 424 g/mol. The van der Waals surface area contributed by atoms with Gasteiger partial charge in [0.05, 0.1) is 0 Å². The van der Waals surface area contributed by atoms with Crippen LogP contribution in [0.1, 0.15) is 59.8 Å². The van der Waals surface area contributed by atoms with Crippen LogP contribution in [0.3, 0.4) is 0 Å². The molecule has 0 aromatic heterocycles. The monoisotopic (exact) mass is 454 g/mol. The molecule has 0 spiro atoms. The molecule has 10 heteroatoms. The fourth-order valence-electron chi connectivity index (χ4n) is 3.78. The largest absolute Gasteiger partial charge is 0.302 e. The second-order valence-corrected chi connectivity index (χ2v) is 8.23. The Hall–Kier alpha value is -2.20. The summed E-state index contributed by atoms with van der Waals surface area (Å²) in [6, 6.07) is 0. The van der Waals surface area contributed by atoms with Gasteiger partial charge in [-0.15, -0.1) is 6.58 Å². The third-order valence-corrected chi connectivity index (χ3v) is 6.23. The standard InChI is InChI=1S/C12H18N2O2S.C8H12N2O2S/c1-4-6-8(3)12(7-5-2)9(15)13-11(17)14-10(12)16;1-3-8(4-2)5(11)9-7(13)10-6(8)12/h5,8H,2,4,6-7H2,1,3H3,(H2,13,14,15,16,17);3-4H2,1-2H3,(H2,9,10,11,12,13). The van der Waals surface area contributed by atoms with E-state index in [1.165, 1.54) is 0 Å². The van der Waals surface area contributed by atoms with Crippen LogP contribution in [0.5, 0.6) is 0 Å². The second kappa shape index (κ2) is 10.7. The maximum absolute atomic E-state index is 12.1. The molecule has 0 aromatic carbocycles. The predicted octanol–water partition coefficient (Wildman–Crippen LogP) is 1.84. The van der Waals surface area contributed by atoms with E-state index in [1.54, 1.807) is 6.08 Å². The quantitative estimate of drug-likeness (QED) is 0.265. The number of carbonyl (C=O) groups excluding carboxylic acids is 4. The van der Waals surface area contributed by atoms with Crippen molar-refractivity contribution in [1.29, 1.82) is 0 Å². The van der Waals surface area contributed by atoms with Gasteiger partial charge in [-0.2, -0.15) is 0 Å². The fraction of sp³-hybridized carbons (Fsp3) is 0.600. The summed E-state index contributed by atoms with van der Waals surface area (Å²) >= 11 is 9.50. The van der Waals surface area contributed by atoms with Gasteiger partial charge in [0.2, 0.25) is 23.6 Å². The molecule has 30 heavy (non-hydrogen) atoms. The van der Waals surface area contributed by atoms with Gasteiger partial charge in [-0.05, 0) is 56.0 Å². The summed E-state index contributed by atoms with van der Waals surface area (Å²) in [5.41, 5.74) is -2.00. The Labute approximate surface area is 188 Å². The molecule has 8 nitrogen and oxygen atoms in total. The minimum atomic E-state index is -1.07. The van der Waals surface area contributed by atoms with Crippen molar-refractivity contribution in [3.8, 4) is 0 Å². The lowest BCUT2D eigenvalue weighted by molar-refractivity contribution is -0.148. The van der Waals surface area contributed by atoms with Gasteiger partial charge in [-0.3, -0.25) is 19.2 Å². The van der Waals surface area contributed by atoms with Crippen LogP contribution in [-0.2, 0) is 19.2 Å². The van der Waals surface area contributed by atoms with E-state index in [-0.39, 0.29) is 39.8 Å². The van der Waals surface area contributed by atoms with E-state index < -0.39 is 10.8 Å². The summed E-state index contributed by atoms with van der Waals surface area (Å²) in [6.45, 7) is 11.2. The Morgan fingerprint density at radius 3 is 1.60 bits per heavy atom. The summed E-state index contributed by atoms with van der Waals surface area (Å²) < 4.78 is 0. The third kappa shape index (κ3) is 4.92. The van der Waals surface area contributed by atoms with Crippen molar-refractivity contribution in [2.75, 3.05) is 0 Å². The number of nitrogens with one attached hydrogen (secondary N) is 4. The van der Waals surface area contributed by atoms with Crippen molar-refractivity contribution in [1.82, 2.24) is 21.3 Å². The van der Waals surface area contributed by atoms with Crippen LogP contribution in [0.15, 0.2) is 12.7 Å². The topological polar surface area (TPSA) is 116 Å². The van der Waals surface area contributed by atoms with Crippen LogP contribution < -0.4 is 21.3 Å². The van der Waals surface area contributed by atoms with Crippen molar-refractivity contribution < 1.29 is 19.2 Å². The van der Waals surface area contributed by atoms with Gasteiger partial charge in [0.1, 0.15) is 10.8 Å². The molecule has 4 amide bonds. The number of hydrogen-bond donors (Lipinski definition) is 4. The summed E-state index contributed by atoms with van der Waals surface area (Å²) in [5, 5.41) is 10.2. The number of thiocarbonyl (C=S) groups is 2. The van der Waals surface area contributed by atoms with Crippen LogP contribution in [-0.4, -0.2) is 33.9 Å². The Morgan fingerprint density at radius 1 is 0.867 bits per heavy atom. The lowest BCUT2D eigenvalue weighted by atomic mass is 9.69. The third-order valence-electron chi connectivity index (χ3n) is 5.82. The first kappa shape index (κ1) is 25.8. The molecule has 0 radical (unpaired) electrons. The SMILES string of the molecule is C=CCC1(C(C)CCC)C(=O)NC(=S)NC1=O.CCC1(CC)C(=O)NC(=S)NC1=O. The predicted molar refractivity (Wildman–Crippen MR) is 122 cm³/mol. The molecule has 0 aliphatic carbocycles. The molecule has 2 rings (SSSR count). The zero-order chi connectivity index (χ0) is 23.1. The van der Waals surface area contributed by atoms with Gasteiger partial charge in [0.15, 0.2) is 10.2 Å². The van der Waals surface area contributed by atoms with Gasteiger partial charge in [-0.25, -0.2) is 0 Å². The zero-order valence-corrected chi connectivity index (χ0v) is 19.5. The molecule has 2 aliphatic heterocycles. The molecule has 0 bridgehead atoms. The van der Waals surface area contributed by atoms with Gasteiger partial charge >= 0.3 is 0 Å². The minimum absolute atomic E-state index is 0.0476. The van der Waals surface area contributed by atoms with Crippen molar-refractivity contribution in [2.24, 2.45) is 16.7 Å². The van der Waals surface area contributed by atoms with E-state index in [9.17, 15) is 19.2 Å². The molecule has 2 heterocycles. The van der Waals surface area contributed by atoms with Gasteiger partial charge in [0.25, 0.3) is 0 Å². The first-order valence-electron chi connectivity index (χ1n) is 10.00. The van der Waals surface area contributed by atoms with Crippen molar-refractivity contribution in [3.05, 3.63) is 12.7 Å². The minimum Gasteiger partial charge on any atom is -0.302 e. The van der Waals surface area contributed by atoms with Gasteiger partial charge in [0, 0.05) is 0 Å². The average Bonchev–Trinajstić information content (AvgIpc) is 2.66. The van der Waals surface area contributed by atoms with E-state index in [2.05, 4.69) is 27.8 Å². The average molecular weight is 455 g/mol. The first-order valence-corrected chi connectivity index (χ1v) is 10.8. The first-order chi connectivity index (χ1) is 14.0. The highest BCUT2D eigenvalue weighted by Crippen LogP contribution is 2.37. The molecule has 166 valence electrons. The molecule has 4 N–H and O–H groups in total. The molecule has 1 atom stereocenters. The van der Waals surface area contributed by atoms with Crippen LogP contribution in [0.2, 0.25) is 0 Å². The molecular formula is C20H30N4O4S2. The Bertz CT molecular complexity index is 720. The van der Waals surface area contributed by atoms with Crippen molar-refractivity contribution >= 4 is 58.3 Å². The molecule has 2 aliphatic rings. The van der Waals surface area contributed by atoms with Crippen LogP contribution in [0, 0.1) is 16.7 Å². The number of hydrogen-bond acceptors (Lipinski definition) is 6. The highest BCUT2D eigenvalue weighted by Gasteiger charge is 2.51. The zero-order valence-electron chi connectivity index (χ0n) is 17.8. The highest BCUT2D eigenvalue weighted by atomic mass is 32.1. The van der Waals surface area contributed by atoms with E-state index in [1.807, 2.05) is 27.7 Å². The second-order valence-electron chi connectivity index (χ2n) is 7.42. The van der Waals surface area contributed by atoms with E-state index in [0.29, 0.717) is 19.3 Å². The lowest BCUT2D eigenvalue weighted by Crippen LogP contribution is -2.64. The molecule has 0 saturated carbocycles. The number of allylic oxidation sites excluding steroid dienone is 1. The summed E-state index contributed by atoms with van der Waals surface area (Å²) in [5.74, 6) is -1.25. The molecule has 0 aromatic rings. The molecule has 2 saturated heterocycles. The van der Waals surface area contributed by atoms with E-state index in [0.717, 1.165) is 12.8 Å². The van der Waals surface area contributed by atoms with Gasteiger partial charge in [-0.1, -0.05) is 40.2 Å². The maximum atomic E-state index is 12.1. The summed E-state index contributed by atoms with van der Waals surface area (Å²) in [6.07, 6.45) is 4.65. The lowest BCUT2D eigenvalue weighted by Gasteiger charge is -2.38. The summed E-state index contributed by atoms with van der Waals surface area (Å²) in [4.78, 5) is 47.4. The van der Waals surface area contributed by atoms with Crippen LogP contribution >= 0.6 is 24.4 Å². The number of amides is 4. The van der Waals surface area contributed by atoms with E-state index >= 15 is 0 Å². The smallest absolute Gasteiger partial charge is 0.242 e. The molecule has 2 fully saturated rings. The van der Waals surface area contributed by atoms with Crippen molar-refractivity contribution in [3.63, 3.8) is 0 Å². The van der Waals surface area contributed by atoms with Crippen molar-refractivity contribution in [2.45, 2.75) is 59.8 Å². The van der Waals surface area contributed by atoms with E-state index in [4.69, 9.17) is 24.4 Å². The van der Waals surface area contributed by atoms with Gasteiger partial charge < -0.3 is 21.3 Å². The normalized spacial score (nSPS) is 20.7. The number of carbonyl (C=O) groups is 4.